The fourth-order valence-corrected chi connectivity index (χ4v) is 2.83. The van der Waals surface area contributed by atoms with Crippen molar-refractivity contribution in [3.63, 3.8) is 0 Å². The number of nitrogens with zero attached hydrogens (tertiary/aromatic N) is 4. The van der Waals surface area contributed by atoms with Crippen LogP contribution in [-0.4, -0.2) is 28.6 Å². The largest absolute Gasteiger partial charge is 0.495 e. The van der Waals surface area contributed by atoms with Crippen LogP contribution in [0.3, 0.4) is 0 Å². The molecule has 1 heterocycles. The quantitative estimate of drug-likeness (QED) is 0.194. The molecule has 3 rings (SSSR count). The summed E-state index contributed by atoms with van der Waals surface area (Å²) in [4.78, 5) is 7.44. The van der Waals surface area contributed by atoms with Crippen molar-refractivity contribution in [1.29, 1.82) is 0 Å². The predicted molar refractivity (Wildman–Crippen MR) is 109 cm³/mol. The Balaban J connectivity index is 1.87. The topological polar surface area (TPSA) is 77.8 Å². The molecule has 3 aromatic rings. The second-order valence-corrected chi connectivity index (χ2v) is 6.55. The molecule has 0 saturated carbocycles. The normalized spacial score (nSPS) is 12.7. The van der Waals surface area contributed by atoms with Crippen molar-refractivity contribution < 1.29 is 22.3 Å². The number of ether oxygens (including phenoxy) is 1. The molecule has 1 aromatic heterocycles. The maximum atomic E-state index is 14.4. The van der Waals surface area contributed by atoms with Gasteiger partial charge in [-0.2, -0.15) is 13.9 Å². The lowest BCUT2D eigenvalue weighted by molar-refractivity contribution is 0.00679. The van der Waals surface area contributed by atoms with Gasteiger partial charge in [0.05, 0.1) is 31.0 Å². The van der Waals surface area contributed by atoms with E-state index in [-0.39, 0.29) is 11.3 Å². The lowest BCUT2D eigenvalue weighted by atomic mass is 10.1. The summed E-state index contributed by atoms with van der Waals surface area (Å²) in [5.74, 6) is 5.83. The summed E-state index contributed by atoms with van der Waals surface area (Å²) in [5, 5.41) is 3.53. The maximum absolute atomic E-state index is 14.4. The molecular formula is C21H19F4N5O. The van der Waals surface area contributed by atoms with Crippen molar-refractivity contribution in [3.05, 3.63) is 77.4 Å². The van der Waals surface area contributed by atoms with Gasteiger partial charge in [0.25, 0.3) is 6.43 Å². The number of aryl methyl sites for hydroxylation is 1. The third kappa shape index (κ3) is 4.90. The zero-order valence-corrected chi connectivity index (χ0v) is 16.6. The monoisotopic (exact) mass is 433 g/mol. The molecule has 0 atom stereocenters. The summed E-state index contributed by atoms with van der Waals surface area (Å²) < 4.78 is 61.2. The molecule has 0 bridgehead atoms. The first-order valence-corrected chi connectivity index (χ1v) is 9.04. The maximum Gasteiger partial charge on any atom is 0.369 e. The van der Waals surface area contributed by atoms with Crippen LogP contribution in [0.25, 0.3) is 5.69 Å². The molecule has 0 fully saturated rings. The summed E-state index contributed by atoms with van der Waals surface area (Å²) in [5.41, 5.74) is 0.986. The molecule has 0 unspecified atom stereocenters. The molecular weight excluding hydrogens is 414 g/mol. The van der Waals surface area contributed by atoms with Gasteiger partial charge in [0.1, 0.15) is 11.5 Å². The molecule has 0 radical (unpaired) electrons. The number of methoxy groups -OCH3 is 1. The van der Waals surface area contributed by atoms with Gasteiger partial charge in [-0.15, -0.1) is 0 Å². The van der Waals surface area contributed by atoms with Gasteiger partial charge in [-0.05, 0) is 19.1 Å². The molecule has 0 aliphatic heterocycles. The van der Waals surface area contributed by atoms with Gasteiger partial charge in [-0.25, -0.2) is 18.8 Å². The van der Waals surface area contributed by atoms with Gasteiger partial charge in [-0.1, -0.05) is 30.3 Å². The smallest absolute Gasteiger partial charge is 0.369 e. The first-order chi connectivity index (χ1) is 14.7. The minimum Gasteiger partial charge on any atom is -0.495 e. The highest BCUT2D eigenvalue weighted by atomic mass is 19.3. The molecule has 2 aromatic carbocycles. The van der Waals surface area contributed by atoms with Gasteiger partial charge >= 0.3 is 6.05 Å². The van der Waals surface area contributed by atoms with Gasteiger partial charge in [0.2, 0.25) is 0 Å². The highest BCUT2D eigenvalue weighted by Crippen LogP contribution is 2.31. The van der Waals surface area contributed by atoms with E-state index in [1.165, 1.54) is 7.11 Å². The number of alkyl halides is 4. The van der Waals surface area contributed by atoms with Gasteiger partial charge in [0.15, 0.2) is 0 Å². The third-order valence-corrected chi connectivity index (χ3v) is 4.46. The van der Waals surface area contributed by atoms with Crippen LogP contribution in [-0.2, 0) is 6.05 Å². The molecule has 6 nitrogen and oxygen atoms in total. The van der Waals surface area contributed by atoms with Crippen molar-refractivity contribution >= 4 is 11.9 Å². The van der Waals surface area contributed by atoms with Crippen LogP contribution in [0.4, 0.5) is 17.6 Å². The number of aliphatic imine (C=N–C) groups is 1. The van der Waals surface area contributed by atoms with Crippen LogP contribution in [0.15, 0.2) is 65.1 Å². The summed E-state index contributed by atoms with van der Waals surface area (Å²) in [6.07, 6.45) is 1.51. The zero-order valence-electron chi connectivity index (χ0n) is 16.6. The standard InChI is InChI=1S/C21H19F4N5O/c1-13-11-30(12-27-13)18-8-5-15(9-19(18)31-2)17(29-26)10-28-21(24,25)16-6-3-14(4-7-16)20(22)23/h3-12,20H,26H2,1-2H3. The van der Waals surface area contributed by atoms with Crippen LogP contribution < -0.4 is 10.6 Å². The first kappa shape index (κ1) is 22.0. The number of hydrogen-bond acceptors (Lipinski definition) is 5. The fourth-order valence-electron chi connectivity index (χ4n) is 2.83. The molecule has 0 amide bonds. The minimum absolute atomic E-state index is 0.0180. The first-order valence-electron chi connectivity index (χ1n) is 9.04. The molecule has 0 saturated heterocycles. The molecule has 10 heteroatoms. The van der Waals surface area contributed by atoms with Crippen LogP contribution in [0.2, 0.25) is 0 Å². The van der Waals surface area contributed by atoms with E-state index in [0.717, 1.165) is 36.2 Å². The average molecular weight is 433 g/mol. The number of hydrogen-bond donors (Lipinski definition) is 1. The van der Waals surface area contributed by atoms with Crippen molar-refractivity contribution in [1.82, 2.24) is 9.55 Å². The second kappa shape index (κ2) is 8.99. The van der Waals surface area contributed by atoms with Crippen molar-refractivity contribution in [2.45, 2.75) is 19.4 Å². The van der Waals surface area contributed by atoms with Crippen LogP contribution >= 0.6 is 0 Å². The van der Waals surface area contributed by atoms with E-state index in [2.05, 4.69) is 15.1 Å². The summed E-state index contributed by atoms with van der Waals surface area (Å²) in [7, 11) is 1.47. The number of rotatable bonds is 7. The lowest BCUT2D eigenvalue weighted by Gasteiger charge is -2.13. The molecule has 162 valence electrons. The fraction of sp³-hybridized carbons (Fsp3) is 0.190. The third-order valence-electron chi connectivity index (χ3n) is 4.46. The Bertz CT molecular complexity index is 1110. The Morgan fingerprint density at radius 1 is 1.19 bits per heavy atom. The Labute approximate surface area is 175 Å². The Morgan fingerprint density at radius 3 is 2.45 bits per heavy atom. The van der Waals surface area contributed by atoms with E-state index < -0.39 is 18.0 Å². The summed E-state index contributed by atoms with van der Waals surface area (Å²) in [6.45, 7) is 1.84. The average Bonchev–Trinajstić information content (AvgIpc) is 3.20. The number of aromatic nitrogens is 2. The summed E-state index contributed by atoms with van der Waals surface area (Å²) in [6, 6.07) is 4.93. The predicted octanol–water partition coefficient (Wildman–Crippen LogP) is 4.61. The highest BCUT2D eigenvalue weighted by molar-refractivity contribution is 6.38. The highest BCUT2D eigenvalue weighted by Gasteiger charge is 2.30. The Morgan fingerprint density at radius 2 is 1.90 bits per heavy atom. The van der Waals surface area contributed by atoms with Crippen LogP contribution in [0.1, 0.15) is 28.8 Å². The number of halogens is 4. The van der Waals surface area contributed by atoms with Crippen molar-refractivity contribution in [2.24, 2.45) is 15.9 Å². The molecule has 0 spiro atoms. The second-order valence-electron chi connectivity index (χ2n) is 6.55. The van der Waals surface area contributed by atoms with E-state index in [1.807, 2.05) is 6.92 Å². The number of benzene rings is 2. The van der Waals surface area contributed by atoms with E-state index in [0.29, 0.717) is 17.0 Å². The number of nitrogens with two attached hydrogens (primary N) is 1. The van der Waals surface area contributed by atoms with Gasteiger partial charge < -0.3 is 15.1 Å². The zero-order chi connectivity index (χ0) is 22.6. The van der Waals surface area contributed by atoms with E-state index in [9.17, 15) is 17.6 Å². The van der Waals surface area contributed by atoms with Crippen LogP contribution in [0, 0.1) is 6.92 Å². The lowest BCUT2D eigenvalue weighted by Crippen LogP contribution is -2.14. The van der Waals surface area contributed by atoms with E-state index >= 15 is 0 Å². The molecule has 0 aliphatic rings. The summed E-state index contributed by atoms with van der Waals surface area (Å²) >= 11 is 0. The molecule has 31 heavy (non-hydrogen) atoms. The Kier molecular flexibility index (Phi) is 6.38. The molecule has 2 N–H and O–H groups in total. The SMILES string of the molecule is COc1cc(C(C=NC(F)(F)c2ccc(C(F)F)cc2)=NN)ccc1-n1cnc(C)c1. The Hall–Kier alpha value is -3.69. The number of imidazole rings is 1. The minimum atomic E-state index is -3.66. The van der Waals surface area contributed by atoms with Crippen molar-refractivity contribution in [2.75, 3.05) is 7.11 Å². The molecule has 0 aliphatic carbocycles. The van der Waals surface area contributed by atoms with Crippen molar-refractivity contribution in [3.8, 4) is 11.4 Å². The number of hydrazone groups is 1. The van der Waals surface area contributed by atoms with E-state index in [4.69, 9.17) is 10.6 Å². The van der Waals surface area contributed by atoms with Gasteiger partial charge in [0, 0.05) is 22.9 Å². The van der Waals surface area contributed by atoms with Gasteiger partial charge in [-0.3, -0.25) is 0 Å². The van der Waals surface area contributed by atoms with Crippen LogP contribution in [0.5, 0.6) is 5.75 Å². The van der Waals surface area contributed by atoms with E-state index in [1.54, 1.807) is 35.3 Å².